The Balaban J connectivity index is 1.06. The fourth-order valence-corrected chi connectivity index (χ4v) is 9.57. The van der Waals surface area contributed by atoms with Crippen LogP contribution in [0.3, 0.4) is 0 Å². The van der Waals surface area contributed by atoms with Crippen LogP contribution in [0.2, 0.25) is 0 Å². The lowest BCUT2D eigenvalue weighted by atomic mass is 9.89. The van der Waals surface area contributed by atoms with Crippen LogP contribution in [0, 0.1) is 0 Å². The van der Waals surface area contributed by atoms with Crippen molar-refractivity contribution in [3.63, 3.8) is 0 Å². The number of nitrogens with zero attached hydrogens (tertiary/aromatic N) is 4. The van der Waals surface area contributed by atoms with Crippen molar-refractivity contribution in [1.29, 1.82) is 0 Å². The molecule has 0 atom stereocenters. The molecule has 8 aromatic carbocycles. The second kappa shape index (κ2) is 11.6. The Morgan fingerprint density at radius 1 is 0.339 bits per heavy atom. The van der Waals surface area contributed by atoms with Gasteiger partial charge in [-0.05, 0) is 93.9 Å². The highest BCUT2D eigenvalue weighted by atomic mass is 15.2. The smallest absolute Gasteiger partial charge is 0.0534 e. The first-order valence-corrected chi connectivity index (χ1v) is 19.3. The van der Waals surface area contributed by atoms with Crippen LogP contribution in [0.15, 0.2) is 158 Å². The summed E-state index contributed by atoms with van der Waals surface area (Å²) in [5.41, 5.74) is 19.2. The molecule has 9 aromatic rings. The summed E-state index contributed by atoms with van der Waals surface area (Å²) in [6, 6.07) is 58.0. The van der Waals surface area contributed by atoms with Gasteiger partial charge >= 0.3 is 0 Å². The van der Waals surface area contributed by atoms with E-state index in [1.54, 1.807) is 0 Å². The molecule has 0 saturated heterocycles. The minimum Gasteiger partial charge on any atom is -0.344 e. The van der Waals surface area contributed by atoms with Gasteiger partial charge in [-0.15, -0.1) is 0 Å². The Morgan fingerprint density at radius 3 is 1.41 bits per heavy atom. The number of anilines is 8. The second-order valence-corrected chi connectivity index (χ2v) is 15.1. The quantitative estimate of drug-likeness (QED) is 0.177. The van der Waals surface area contributed by atoms with Crippen molar-refractivity contribution in [2.75, 3.05) is 21.7 Å². The highest BCUT2D eigenvalue weighted by Crippen LogP contribution is 2.53. The van der Waals surface area contributed by atoms with Crippen molar-refractivity contribution in [2.45, 2.75) is 0 Å². The fourth-order valence-electron chi connectivity index (χ4n) is 9.57. The van der Waals surface area contributed by atoms with Crippen LogP contribution in [-0.4, -0.2) is 11.6 Å². The molecule has 3 aliphatic heterocycles. The number of hydrogen-bond donors (Lipinski definition) is 0. The van der Waals surface area contributed by atoms with Gasteiger partial charge in [0.2, 0.25) is 0 Å². The largest absolute Gasteiger partial charge is 0.344 e. The van der Waals surface area contributed by atoms with E-state index in [2.05, 4.69) is 215 Å². The predicted octanol–water partition coefficient (Wildman–Crippen LogP) is 14.1. The molecule has 0 fully saturated rings. The summed E-state index contributed by atoms with van der Waals surface area (Å²) in [5.74, 6) is 0. The third-order valence-electron chi connectivity index (χ3n) is 12.2. The Bertz CT molecular complexity index is 3100. The van der Waals surface area contributed by atoms with Gasteiger partial charge in [-0.2, -0.15) is 0 Å². The van der Waals surface area contributed by atoms with Gasteiger partial charge in [0.25, 0.3) is 0 Å². The summed E-state index contributed by atoms with van der Waals surface area (Å²) < 4.78 is 2.40. The lowest BCUT2D eigenvalue weighted by Gasteiger charge is -2.33. The summed E-state index contributed by atoms with van der Waals surface area (Å²) in [4.78, 5) is 7.22. The zero-order valence-corrected chi connectivity index (χ0v) is 31.1. The van der Waals surface area contributed by atoms with E-state index in [4.69, 9.17) is 0 Å². The van der Waals surface area contributed by atoms with Gasteiger partial charge < -0.3 is 19.3 Å². The molecule has 3 aliphatic rings. The first-order valence-electron chi connectivity index (χ1n) is 19.3. The predicted molar refractivity (Wildman–Crippen MR) is 239 cm³/mol. The Hall–Kier alpha value is -7.30. The van der Waals surface area contributed by atoms with Gasteiger partial charge in [0, 0.05) is 52.9 Å². The van der Waals surface area contributed by atoms with Crippen LogP contribution >= 0.6 is 0 Å². The minimum absolute atomic E-state index is 1.14. The van der Waals surface area contributed by atoms with Crippen LogP contribution in [0.5, 0.6) is 0 Å². The standard InChI is InChI=1S/C52H36N4/c1-53-47-21-11-16-41-51-40-29-27-38(56-45-19-9-5-14-35(45)24-25-36-15-6-10-20-46(36)56)31-49(40)54(2)50(51)32-42(52(41)47)39-28-26-37(30-48(39)53)55-43-17-7-3-12-33(43)22-23-34-13-4-8-18-44(34)55/h3-32H,1-2H3. The van der Waals surface area contributed by atoms with Crippen molar-refractivity contribution in [2.24, 2.45) is 7.05 Å². The molecule has 0 unspecified atom stereocenters. The number of aromatic nitrogens is 1. The second-order valence-electron chi connectivity index (χ2n) is 15.1. The normalized spacial score (nSPS) is 13.6. The van der Waals surface area contributed by atoms with Crippen LogP contribution in [-0.2, 0) is 7.05 Å². The number of fused-ring (bicyclic) bond motifs is 10. The molecule has 12 rings (SSSR count). The SMILES string of the molecule is CN1c2cc(N3c4ccccc4C=Cc4ccccc43)ccc2-c2cc3c(c4cccc1c24)c1ccc(N2c4ccccc4C=Cc4ccccc42)cc1n3C. The summed E-state index contributed by atoms with van der Waals surface area (Å²) in [7, 11) is 4.45. The molecule has 0 bridgehead atoms. The Labute approximate surface area is 325 Å². The van der Waals surface area contributed by atoms with Crippen molar-refractivity contribution in [1.82, 2.24) is 4.57 Å². The maximum Gasteiger partial charge on any atom is 0.0534 e. The average Bonchev–Trinajstić information content (AvgIpc) is 3.35. The van der Waals surface area contributed by atoms with Crippen LogP contribution < -0.4 is 14.7 Å². The minimum atomic E-state index is 1.14. The van der Waals surface area contributed by atoms with E-state index in [1.807, 2.05) is 0 Å². The van der Waals surface area contributed by atoms with Crippen molar-refractivity contribution >= 4 is 102 Å². The molecular weight excluding hydrogens is 681 g/mol. The fraction of sp³-hybridized carbons (Fsp3) is 0.0385. The highest BCUT2D eigenvalue weighted by molar-refractivity contribution is 6.28. The molecule has 0 saturated carbocycles. The van der Waals surface area contributed by atoms with E-state index < -0.39 is 0 Å². The third-order valence-corrected chi connectivity index (χ3v) is 12.2. The third kappa shape index (κ3) is 4.29. The molecule has 56 heavy (non-hydrogen) atoms. The first-order chi connectivity index (χ1) is 27.6. The van der Waals surface area contributed by atoms with Crippen molar-refractivity contribution in [3.05, 3.63) is 180 Å². The van der Waals surface area contributed by atoms with Gasteiger partial charge in [-0.3, -0.25) is 0 Å². The summed E-state index contributed by atoms with van der Waals surface area (Å²) in [5, 5.41) is 5.15. The molecule has 1 aromatic heterocycles. The van der Waals surface area contributed by atoms with Gasteiger partial charge in [0.05, 0.1) is 39.5 Å². The van der Waals surface area contributed by atoms with E-state index in [-0.39, 0.29) is 0 Å². The molecule has 4 heteroatoms. The lowest BCUT2D eigenvalue weighted by molar-refractivity contribution is 1.01. The van der Waals surface area contributed by atoms with Crippen molar-refractivity contribution < 1.29 is 0 Å². The highest BCUT2D eigenvalue weighted by Gasteiger charge is 2.28. The maximum atomic E-state index is 2.44. The zero-order valence-electron chi connectivity index (χ0n) is 31.1. The molecule has 0 spiro atoms. The van der Waals surface area contributed by atoms with Gasteiger partial charge in [0.1, 0.15) is 0 Å². The van der Waals surface area contributed by atoms with Crippen LogP contribution in [0.4, 0.5) is 45.5 Å². The Kier molecular flexibility index (Phi) is 6.44. The molecule has 4 heterocycles. The summed E-state index contributed by atoms with van der Waals surface area (Å²) >= 11 is 0. The van der Waals surface area contributed by atoms with E-state index in [9.17, 15) is 0 Å². The number of aryl methyl sites for hydroxylation is 1. The molecular formula is C52H36N4. The molecule has 0 radical (unpaired) electrons. The maximum absolute atomic E-state index is 2.44. The van der Waals surface area contributed by atoms with E-state index >= 15 is 0 Å². The number of rotatable bonds is 2. The van der Waals surface area contributed by atoms with Gasteiger partial charge in [-0.25, -0.2) is 0 Å². The Morgan fingerprint density at radius 2 is 0.839 bits per heavy atom. The zero-order chi connectivity index (χ0) is 37.1. The first kappa shape index (κ1) is 31.1. The molecule has 0 N–H and O–H groups in total. The summed E-state index contributed by atoms with van der Waals surface area (Å²) in [6.07, 6.45) is 8.93. The monoisotopic (exact) mass is 716 g/mol. The molecule has 4 nitrogen and oxygen atoms in total. The van der Waals surface area contributed by atoms with E-state index in [0.29, 0.717) is 0 Å². The van der Waals surface area contributed by atoms with E-state index in [1.165, 1.54) is 100 Å². The van der Waals surface area contributed by atoms with Crippen LogP contribution in [0.25, 0.3) is 68.0 Å². The summed E-state index contributed by atoms with van der Waals surface area (Å²) in [6.45, 7) is 0. The van der Waals surface area contributed by atoms with E-state index in [0.717, 1.165) is 11.4 Å². The van der Waals surface area contributed by atoms with Gasteiger partial charge in [0.15, 0.2) is 0 Å². The number of hydrogen-bond acceptors (Lipinski definition) is 3. The van der Waals surface area contributed by atoms with Gasteiger partial charge in [-0.1, -0.05) is 121 Å². The molecule has 0 aliphatic carbocycles. The number of para-hydroxylation sites is 4. The number of benzene rings is 8. The topological polar surface area (TPSA) is 14.7 Å². The average molecular weight is 717 g/mol. The van der Waals surface area contributed by atoms with Crippen molar-refractivity contribution in [3.8, 4) is 11.1 Å². The van der Waals surface area contributed by atoms with Crippen LogP contribution in [0.1, 0.15) is 22.3 Å². The molecule has 0 amide bonds. The molecule has 264 valence electrons. The lowest BCUT2D eigenvalue weighted by Crippen LogP contribution is -2.17.